The molecule has 1 aliphatic carbocycles. The highest BCUT2D eigenvalue weighted by atomic mass is 32.1. The van der Waals surface area contributed by atoms with Crippen molar-refractivity contribution in [3.63, 3.8) is 0 Å². The van der Waals surface area contributed by atoms with E-state index in [-0.39, 0.29) is 0 Å². The molecule has 1 fully saturated rings. The predicted octanol–water partition coefficient (Wildman–Crippen LogP) is 4.02. The number of nitrogens with zero attached hydrogens (tertiary/aromatic N) is 3. The third-order valence-corrected chi connectivity index (χ3v) is 5.48. The van der Waals surface area contributed by atoms with Gasteiger partial charge in [0.2, 0.25) is 0 Å². The Kier molecular flexibility index (Phi) is 3.54. The lowest BCUT2D eigenvalue weighted by atomic mass is 9.95. The number of hydrogen-bond acceptors (Lipinski definition) is 4. The highest BCUT2D eigenvalue weighted by molar-refractivity contribution is 7.16. The van der Waals surface area contributed by atoms with Crippen LogP contribution in [0.15, 0.2) is 0 Å². The molecule has 1 saturated carbocycles. The van der Waals surface area contributed by atoms with Gasteiger partial charge < -0.3 is 10.3 Å². The molecule has 4 nitrogen and oxygen atoms in total. The first kappa shape index (κ1) is 13.6. The lowest BCUT2D eigenvalue weighted by Gasteiger charge is -2.25. The van der Waals surface area contributed by atoms with Crippen molar-refractivity contribution in [2.45, 2.75) is 58.9 Å². The van der Waals surface area contributed by atoms with Crippen LogP contribution in [0.3, 0.4) is 0 Å². The molecule has 1 aliphatic rings. The second kappa shape index (κ2) is 5.20. The van der Waals surface area contributed by atoms with E-state index in [9.17, 15) is 0 Å². The van der Waals surface area contributed by atoms with Crippen LogP contribution in [0, 0.1) is 20.8 Å². The fourth-order valence-electron chi connectivity index (χ4n) is 3.25. The second-order valence-corrected chi connectivity index (χ2v) is 7.01. The molecule has 2 N–H and O–H groups in total. The lowest BCUT2D eigenvalue weighted by molar-refractivity contribution is 0.350. The molecule has 5 heteroatoms. The van der Waals surface area contributed by atoms with Crippen molar-refractivity contribution in [3.8, 4) is 11.4 Å². The molecule has 0 aliphatic heterocycles. The molecule has 0 unspecified atom stereocenters. The highest BCUT2D eigenvalue weighted by Crippen LogP contribution is 2.40. The summed E-state index contributed by atoms with van der Waals surface area (Å²) < 4.78 is 2.32. The summed E-state index contributed by atoms with van der Waals surface area (Å²) in [5.74, 6) is 1.98. The summed E-state index contributed by atoms with van der Waals surface area (Å²) in [4.78, 5) is 1.27. The Morgan fingerprint density at radius 1 is 1.10 bits per heavy atom. The van der Waals surface area contributed by atoms with Crippen LogP contribution in [0.25, 0.3) is 11.4 Å². The van der Waals surface area contributed by atoms with Crippen molar-refractivity contribution < 1.29 is 0 Å². The molecule has 3 rings (SSSR count). The van der Waals surface area contributed by atoms with Crippen molar-refractivity contribution in [1.82, 2.24) is 14.8 Å². The summed E-state index contributed by atoms with van der Waals surface area (Å²) in [6.07, 6.45) is 6.42. The largest absolute Gasteiger partial charge is 0.390 e. The van der Waals surface area contributed by atoms with Gasteiger partial charge in [-0.2, -0.15) is 0 Å². The van der Waals surface area contributed by atoms with E-state index in [0.717, 1.165) is 22.2 Å². The standard InChI is InChI=1S/C15H22N4S/c1-9-10(2)20-14(16)13(9)15-18-17-11(3)19(15)12-7-5-4-6-8-12/h12H,4-8,16H2,1-3H3. The van der Waals surface area contributed by atoms with Gasteiger partial charge >= 0.3 is 0 Å². The van der Waals surface area contributed by atoms with Gasteiger partial charge in [0, 0.05) is 10.9 Å². The molecule has 0 atom stereocenters. The first-order valence-corrected chi connectivity index (χ1v) is 8.18. The van der Waals surface area contributed by atoms with Gasteiger partial charge in [-0.05, 0) is 39.2 Å². The Bertz CT molecular complexity index is 620. The monoisotopic (exact) mass is 290 g/mol. The first-order chi connectivity index (χ1) is 9.59. The van der Waals surface area contributed by atoms with Crippen LogP contribution in [0.4, 0.5) is 5.00 Å². The van der Waals surface area contributed by atoms with Gasteiger partial charge in [-0.25, -0.2) is 0 Å². The van der Waals surface area contributed by atoms with Crippen molar-refractivity contribution in [2.24, 2.45) is 0 Å². The molecule has 2 heterocycles. The summed E-state index contributed by atoms with van der Waals surface area (Å²) in [7, 11) is 0. The van der Waals surface area contributed by atoms with E-state index >= 15 is 0 Å². The molecule has 0 radical (unpaired) electrons. The Morgan fingerprint density at radius 2 is 1.80 bits per heavy atom. The third-order valence-electron chi connectivity index (χ3n) is 4.44. The first-order valence-electron chi connectivity index (χ1n) is 7.37. The van der Waals surface area contributed by atoms with Crippen LogP contribution in [0.1, 0.15) is 54.4 Å². The topological polar surface area (TPSA) is 56.7 Å². The van der Waals surface area contributed by atoms with Gasteiger partial charge in [-0.3, -0.25) is 0 Å². The van der Waals surface area contributed by atoms with Crippen LogP contribution in [-0.2, 0) is 0 Å². The number of nitrogen functional groups attached to an aromatic ring is 1. The van der Waals surface area contributed by atoms with Crippen molar-refractivity contribution >= 4 is 16.3 Å². The Labute approximate surface area is 124 Å². The minimum Gasteiger partial charge on any atom is -0.390 e. The van der Waals surface area contributed by atoms with Crippen LogP contribution >= 0.6 is 11.3 Å². The molecule has 20 heavy (non-hydrogen) atoms. The molecule has 0 saturated heterocycles. The van der Waals surface area contributed by atoms with Crippen LogP contribution in [-0.4, -0.2) is 14.8 Å². The van der Waals surface area contributed by atoms with Crippen LogP contribution in [0.5, 0.6) is 0 Å². The fraction of sp³-hybridized carbons (Fsp3) is 0.600. The second-order valence-electron chi connectivity index (χ2n) is 5.76. The number of hydrogen-bond donors (Lipinski definition) is 1. The molecular weight excluding hydrogens is 268 g/mol. The maximum atomic E-state index is 6.22. The molecule has 0 amide bonds. The SMILES string of the molecule is Cc1sc(N)c(-c2nnc(C)n2C2CCCCC2)c1C. The van der Waals surface area contributed by atoms with Crippen LogP contribution in [0.2, 0.25) is 0 Å². The Hall–Kier alpha value is -1.36. The Balaban J connectivity index is 2.10. The molecule has 0 aromatic carbocycles. The zero-order valence-corrected chi connectivity index (χ0v) is 13.3. The third kappa shape index (κ3) is 2.14. The molecule has 2 aromatic rings. The molecule has 0 spiro atoms. The van der Waals surface area contributed by atoms with E-state index in [4.69, 9.17) is 5.73 Å². The Morgan fingerprint density at radius 3 is 2.40 bits per heavy atom. The molecule has 2 aromatic heterocycles. The minimum absolute atomic E-state index is 0.535. The van der Waals surface area contributed by atoms with Crippen LogP contribution < -0.4 is 5.73 Å². The zero-order valence-electron chi connectivity index (χ0n) is 12.4. The highest BCUT2D eigenvalue weighted by Gasteiger charge is 2.25. The van der Waals surface area contributed by atoms with Gasteiger partial charge in [-0.15, -0.1) is 21.5 Å². The van der Waals surface area contributed by atoms with Crippen molar-refractivity contribution in [2.75, 3.05) is 5.73 Å². The van der Waals surface area contributed by atoms with E-state index in [1.54, 1.807) is 11.3 Å². The van der Waals surface area contributed by atoms with E-state index in [2.05, 4.69) is 35.5 Å². The number of rotatable bonds is 2. The van der Waals surface area contributed by atoms with E-state index < -0.39 is 0 Å². The maximum absolute atomic E-state index is 6.22. The minimum atomic E-state index is 0.535. The normalized spacial score (nSPS) is 16.8. The lowest BCUT2D eigenvalue weighted by Crippen LogP contribution is -2.15. The zero-order chi connectivity index (χ0) is 14.3. The molecule has 108 valence electrons. The number of nitrogens with two attached hydrogens (primary N) is 1. The summed E-state index contributed by atoms with van der Waals surface area (Å²) in [6.45, 7) is 6.30. The maximum Gasteiger partial charge on any atom is 0.167 e. The van der Waals surface area contributed by atoms with Gasteiger partial charge in [0.05, 0.1) is 10.6 Å². The van der Waals surface area contributed by atoms with E-state index in [1.165, 1.54) is 42.5 Å². The summed E-state index contributed by atoms with van der Waals surface area (Å²) in [6, 6.07) is 0.535. The number of aromatic nitrogens is 3. The number of aryl methyl sites for hydroxylation is 2. The average Bonchev–Trinajstić information content (AvgIpc) is 2.92. The average molecular weight is 290 g/mol. The summed E-state index contributed by atoms with van der Waals surface area (Å²) in [5, 5.41) is 9.62. The van der Waals surface area contributed by atoms with E-state index in [0.29, 0.717) is 6.04 Å². The number of anilines is 1. The van der Waals surface area contributed by atoms with E-state index in [1.807, 2.05) is 0 Å². The van der Waals surface area contributed by atoms with Crippen molar-refractivity contribution in [1.29, 1.82) is 0 Å². The summed E-state index contributed by atoms with van der Waals surface area (Å²) >= 11 is 1.65. The van der Waals surface area contributed by atoms with Gasteiger partial charge in [-0.1, -0.05) is 19.3 Å². The van der Waals surface area contributed by atoms with Gasteiger partial charge in [0.1, 0.15) is 5.82 Å². The molecule has 0 bridgehead atoms. The van der Waals surface area contributed by atoms with Gasteiger partial charge in [0.15, 0.2) is 5.82 Å². The predicted molar refractivity (Wildman–Crippen MR) is 84.1 cm³/mol. The quantitative estimate of drug-likeness (QED) is 0.908. The van der Waals surface area contributed by atoms with Crippen molar-refractivity contribution in [3.05, 3.63) is 16.3 Å². The summed E-state index contributed by atoms with van der Waals surface area (Å²) in [5.41, 5.74) is 8.56. The number of thiophene rings is 1. The fourth-order valence-corrected chi connectivity index (χ4v) is 4.18. The molecular formula is C15H22N4S. The smallest absolute Gasteiger partial charge is 0.167 e. The van der Waals surface area contributed by atoms with Gasteiger partial charge in [0.25, 0.3) is 0 Å².